The Morgan fingerprint density at radius 2 is 1.58 bits per heavy atom. The van der Waals surface area contributed by atoms with E-state index < -0.39 is 50.1 Å². The summed E-state index contributed by atoms with van der Waals surface area (Å²) < 4.78 is 32.0. The number of fused-ring (bicyclic) bond motifs is 1. The number of esters is 2. The number of thiazole rings is 1. The summed E-state index contributed by atoms with van der Waals surface area (Å²) in [5, 5.41) is 0.722. The van der Waals surface area contributed by atoms with Crippen LogP contribution < -0.4 is 4.74 Å². The molecular formula is C59H82N2O11SSi. The van der Waals surface area contributed by atoms with Gasteiger partial charge in [0.1, 0.15) is 30.3 Å². The second-order valence-electron chi connectivity index (χ2n) is 22.4. The van der Waals surface area contributed by atoms with Gasteiger partial charge in [-0.3, -0.25) is 28.9 Å². The van der Waals surface area contributed by atoms with Crippen LogP contribution in [0.1, 0.15) is 167 Å². The molecule has 2 aromatic carbocycles. The third-order valence-electron chi connectivity index (χ3n) is 15.0. The summed E-state index contributed by atoms with van der Waals surface area (Å²) in [5.41, 5.74) is 2.27. The molecule has 0 spiro atoms. The van der Waals surface area contributed by atoms with E-state index in [1.54, 1.807) is 41.7 Å². The maximum absolute atomic E-state index is 15.3. The largest absolute Gasteiger partial charge is 0.508 e. The summed E-state index contributed by atoms with van der Waals surface area (Å²) in [6.45, 7) is 24.6. The van der Waals surface area contributed by atoms with E-state index in [-0.39, 0.29) is 54.0 Å². The molecule has 1 aromatic heterocycles. The average Bonchev–Trinajstić information content (AvgIpc) is 3.88. The van der Waals surface area contributed by atoms with E-state index >= 15 is 4.79 Å². The number of Topliss-reactive ketones (excluding diaryl/α,β-unsaturated/α-hetero) is 1. The maximum atomic E-state index is 15.3. The Hall–Kier alpha value is -5.25. The van der Waals surface area contributed by atoms with Gasteiger partial charge in [-0.15, -0.1) is 17.9 Å². The predicted octanol–water partition coefficient (Wildman–Crippen LogP) is 14.0. The molecule has 15 heteroatoms. The Balaban J connectivity index is 1.21. The monoisotopic (exact) mass is 1050 g/mol. The standard InChI is InChI=1S/C59H82N2O11SSi/c1-12-22-46-55(71-57(67)68-39-43-27-30-45(31-28-43)69-53(64)25-19-17-15-13-14-16-18-20-36-61-51(62)34-35-52(61)63)41(3)24-21-23-40(2)26-32-48(44-29-33-49-47(37-44)60-42(4)73-49)70-54(65)38-50(59(8,9)56(46)66)72-74(10,11)58(5,6)7/h12,26-31,33-35,37,41,46,48,50,55H,1,13-25,32,36,38-39H2,2-11H3/b40-26+/t41-,46+,48-,50-,55-/m0/s1. The summed E-state index contributed by atoms with van der Waals surface area (Å²) in [6.07, 6.45) is 13.8. The fraction of sp³-hybridized carbons (Fsp3) is 0.576. The van der Waals surface area contributed by atoms with E-state index in [2.05, 4.69) is 53.4 Å². The van der Waals surface area contributed by atoms with E-state index in [9.17, 15) is 24.0 Å². The molecule has 0 bridgehead atoms. The van der Waals surface area contributed by atoms with Crippen molar-refractivity contribution >= 4 is 65.6 Å². The molecule has 0 saturated carbocycles. The molecule has 404 valence electrons. The Bertz CT molecular complexity index is 2470. The van der Waals surface area contributed by atoms with Crippen molar-refractivity contribution in [3.05, 3.63) is 95.1 Å². The van der Waals surface area contributed by atoms with Crippen LogP contribution in [0.3, 0.4) is 0 Å². The molecule has 74 heavy (non-hydrogen) atoms. The van der Waals surface area contributed by atoms with Crippen LogP contribution in [0.4, 0.5) is 4.79 Å². The minimum atomic E-state index is -2.59. The van der Waals surface area contributed by atoms with Crippen molar-refractivity contribution in [1.29, 1.82) is 0 Å². The smallest absolute Gasteiger partial charge is 0.457 e. The first kappa shape index (κ1) is 59.6. The fourth-order valence-corrected chi connectivity index (χ4v) is 11.6. The van der Waals surface area contributed by atoms with Crippen molar-refractivity contribution in [2.75, 3.05) is 6.54 Å². The van der Waals surface area contributed by atoms with Crippen LogP contribution in [0.2, 0.25) is 18.1 Å². The molecule has 2 amide bonds. The highest BCUT2D eigenvalue weighted by atomic mass is 32.1. The minimum Gasteiger partial charge on any atom is -0.457 e. The molecule has 13 nitrogen and oxygen atoms in total. The zero-order valence-electron chi connectivity index (χ0n) is 45.8. The van der Waals surface area contributed by atoms with Gasteiger partial charge < -0.3 is 23.4 Å². The van der Waals surface area contributed by atoms with Crippen LogP contribution >= 0.6 is 11.3 Å². The van der Waals surface area contributed by atoms with Gasteiger partial charge in [-0.2, -0.15) is 0 Å². The molecule has 5 atom stereocenters. The number of amides is 2. The Labute approximate surface area is 445 Å². The number of nitrogens with zero attached hydrogens (tertiary/aromatic N) is 2. The van der Waals surface area contributed by atoms with Gasteiger partial charge in [0, 0.05) is 37.0 Å². The number of rotatable bonds is 20. The van der Waals surface area contributed by atoms with E-state index in [0.717, 1.165) is 90.6 Å². The van der Waals surface area contributed by atoms with Gasteiger partial charge >= 0.3 is 18.1 Å². The Morgan fingerprint density at radius 1 is 0.932 bits per heavy atom. The zero-order valence-corrected chi connectivity index (χ0v) is 47.6. The van der Waals surface area contributed by atoms with E-state index in [1.165, 1.54) is 17.1 Å². The number of benzene rings is 2. The summed E-state index contributed by atoms with van der Waals surface area (Å²) >= 11 is 1.62. The number of ether oxygens (including phenoxy) is 4. The molecule has 0 saturated heterocycles. The van der Waals surface area contributed by atoms with Crippen molar-refractivity contribution in [2.24, 2.45) is 17.3 Å². The highest BCUT2D eigenvalue weighted by Gasteiger charge is 2.50. The van der Waals surface area contributed by atoms with Crippen molar-refractivity contribution in [1.82, 2.24) is 9.88 Å². The molecule has 5 rings (SSSR count). The van der Waals surface area contributed by atoms with Gasteiger partial charge in [0.25, 0.3) is 11.8 Å². The number of aromatic nitrogens is 1. The zero-order chi connectivity index (χ0) is 54.2. The van der Waals surface area contributed by atoms with Crippen molar-refractivity contribution in [3.8, 4) is 5.75 Å². The molecule has 0 radical (unpaired) electrons. The number of ketones is 1. The van der Waals surface area contributed by atoms with Gasteiger partial charge in [-0.1, -0.05) is 116 Å². The third kappa shape index (κ3) is 17.4. The third-order valence-corrected chi connectivity index (χ3v) is 20.4. The van der Waals surface area contributed by atoms with E-state index in [4.69, 9.17) is 28.4 Å². The van der Waals surface area contributed by atoms with Crippen molar-refractivity contribution in [3.63, 3.8) is 0 Å². The second-order valence-corrected chi connectivity index (χ2v) is 28.4. The van der Waals surface area contributed by atoms with Crippen LogP contribution in [0.5, 0.6) is 5.75 Å². The molecule has 3 heterocycles. The topological polar surface area (TPSA) is 165 Å². The number of carbonyl (C=O) groups is 6. The average molecular weight is 1060 g/mol. The number of carbonyl (C=O) groups excluding carboxylic acids is 6. The lowest BCUT2D eigenvalue weighted by Gasteiger charge is -2.45. The second kappa shape index (κ2) is 27.5. The van der Waals surface area contributed by atoms with Crippen LogP contribution in [-0.4, -0.2) is 72.6 Å². The van der Waals surface area contributed by atoms with Gasteiger partial charge in [0.15, 0.2) is 8.32 Å². The highest BCUT2D eigenvalue weighted by Crippen LogP contribution is 2.43. The molecular weight excluding hydrogens is 973 g/mol. The highest BCUT2D eigenvalue weighted by molar-refractivity contribution is 7.18. The maximum Gasteiger partial charge on any atom is 0.508 e. The molecule has 2 aliphatic rings. The summed E-state index contributed by atoms with van der Waals surface area (Å²) in [4.78, 5) is 85.3. The Morgan fingerprint density at radius 3 is 2.23 bits per heavy atom. The first-order valence-electron chi connectivity index (χ1n) is 26.7. The van der Waals surface area contributed by atoms with Crippen LogP contribution in [0.15, 0.2) is 78.9 Å². The summed E-state index contributed by atoms with van der Waals surface area (Å²) in [7, 11) is -2.59. The SMILES string of the molecule is C=CC[C@H]1C(=O)C(C)(C)[C@@H](O[Si](C)(C)C(C)(C)C)CC(=O)O[C@H](c2ccc3sc(C)nc3c2)C/C=C(\C)CCC[C@H](C)[C@@H]1OC(=O)OCc1ccc(OC(=O)CCCCCCCCCCN2C(=O)C=CC2=O)cc1. The number of imide groups is 1. The summed E-state index contributed by atoms with van der Waals surface area (Å²) in [5.74, 6) is -2.15. The number of cyclic esters (lactones) is 1. The predicted molar refractivity (Wildman–Crippen MR) is 293 cm³/mol. The molecule has 0 aliphatic carbocycles. The van der Waals surface area contributed by atoms with E-state index in [1.807, 2.05) is 45.9 Å². The van der Waals surface area contributed by atoms with Crippen LogP contribution in [0, 0.1) is 24.2 Å². The molecule has 0 fully saturated rings. The number of unbranched alkanes of at least 4 members (excludes halogenated alkanes) is 7. The fourth-order valence-electron chi connectivity index (χ4n) is 9.30. The number of allylic oxidation sites excluding steroid dienone is 2. The lowest BCUT2D eigenvalue weighted by molar-refractivity contribution is -0.155. The lowest BCUT2D eigenvalue weighted by atomic mass is 9.71. The van der Waals surface area contributed by atoms with Crippen molar-refractivity contribution in [2.45, 2.75) is 195 Å². The van der Waals surface area contributed by atoms with Gasteiger partial charge in [0.05, 0.1) is 33.7 Å². The molecule has 0 N–H and O–H groups in total. The van der Waals surface area contributed by atoms with E-state index in [0.29, 0.717) is 37.1 Å². The quantitative estimate of drug-likeness (QED) is 0.0263. The van der Waals surface area contributed by atoms with Crippen LogP contribution in [-0.2, 0) is 49.2 Å². The van der Waals surface area contributed by atoms with Gasteiger partial charge in [0.2, 0.25) is 0 Å². The Kier molecular flexibility index (Phi) is 22.2. The normalized spacial score (nSPS) is 22.1. The van der Waals surface area contributed by atoms with Gasteiger partial charge in [-0.05, 0) is 112 Å². The number of hydrogen-bond donors (Lipinski definition) is 0. The van der Waals surface area contributed by atoms with Crippen molar-refractivity contribution < 1.29 is 52.1 Å². The lowest BCUT2D eigenvalue weighted by Crippen LogP contribution is -2.53. The number of hydrogen-bond acceptors (Lipinski definition) is 13. The molecule has 2 aliphatic heterocycles. The van der Waals surface area contributed by atoms with Gasteiger partial charge in [-0.25, -0.2) is 9.78 Å². The molecule has 0 unspecified atom stereocenters. The van der Waals surface area contributed by atoms with Crippen LogP contribution in [0.25, 0.3) is 10.2 Å². The minimum absolute atomic E-state index is 0.109. The summed E-state index contributed by atoms with van der Waals surface area (Å²) in [6, 6.07) is 12.8. The first-order valence-corrected chi connectivity index (χ1v) is 30.4. The molecule has 3 aromatic rings. The number of aryl methyl sites for hydroxylation is 1. The first-order chi connectivity index (χ1) is 35.0.